The molecule has 1 unspecified atom stereocenters. The molecule has 12 heteroatoms. The summed E-state index contributed by atoms with van der Waals surface area (Å²) in [5.41, 5.74) is 4.81. The quantitative estimate of drug-likeness (QED) is 0.113. The largest absolute Gasteiger partial charge is 0.497 e. The van der Waals surface area contributed by atoms with Crippen molar-refractivity contribution in [2.75, 3.05) is 66.7 Å². The number of hydrazine groups is 1. The molecule has 1 saturated heterocycles. The Balaban J connectivity index is 0.000000322. The van der Waals surface area contributed by atoms with E-state index in [2.05, 4.69) is 38.7 Å². The number of H-pyrrole nitrogens is 1. The number of hydrogen-bond acceptors (Lipinski definition) is 9. The molecular formula is C34H40ClN5O6. The maximum Gasteiger partial charge on any atom is 0.298 e. The van der Waals surface area contributed by atoms with Crippen molar-refractivity contribution in [3.05, 3.63) is 88.6 Å². The van der Waals surface area contributed by atoms with Crippen molar-refractivity contribution in [2.24, 2.45) is 5.84 Å². The van der Waals surface area contributed by atoms with Gasteiger partial charge in [0.25, 0.3) is 12.4 Å². The van der Waals surface area contributed by atoms with Crippen LogP contribution in [0.25, 0.3) is 10.9 Å². The minimum Gasteiger partial charge on any atom is -0.497 e. The third-order valence-electron chi connectivity index (χ3n) is 8.21. The van der Waals surface area contributed by atoms with Crippen LogP contribution in [0.1, 0.15) is 22.9 Å². The summed E-state index contributed by atoms with van der Waals surface area (Å²) in [7, 11) is 3.72. The number of amides is 1. The van der Waals surface area contributed by atoms with Crippen LogP contribution in [0.2, 0.25) is 5.02 Å². The number of fused-ring (bicyclic) bond motifs is 3. The molecule has 6 rings (SSSR count). The lowest BCUT2D eigenvalue weighted by Crippen LogP contribution is -2.47. The number of halogens is 1. The Kier molecular flexibility index (Phi) is 11.5. The summed E-state index contributed by atoms with van der Waals surface area (Å²) in [6.07, 6.45) is 0.979. The molecule has 46 heavy (non-hydrogen) atoms. The Bertz CT molecular complexity index is 1590. The SMILES string of the molecule is CN1CCc2c([nH]c3ccc(Cl)cc23)C1c1ccc(OCC(=O)N(N)CCN2CCOCC2)cc1.COc1ccc(OC=O)cc1. The molecule has 4 aromatic rings. The molecule has 1 amide bonds. The second-order valence-corrected chi connectivity index (χ2v) is 11.6. The average Bonchev–Trinajstić information content (AvgIpc) is 3.45. The molecule has 1 fully saturated rings. The van der Waals surface area contributed by atoms with Gasteiger partial charge in [0, 0.05) is 54.3 Å². The first-order valence-electron chi connectivity index (χ1n) is 15.2. The molecule has 0 saturated carbocycles. The van der Waals surface area contributed by atoms with Gasteiger partial charge < -0.3 is 23.9 Å². The van der Waals surface area contributed by atoms with Crippen LogP contribution in [0.5, 0.6) is 17.2 Å². The minimum atomic E-state index is -0.240. The van der Waals surface area contributed by atoms with Gasteiger partial charge >= 0.3 is 0 Å². The lowest BCUT2D eigenvalue weighted by atomic mass is 9.93. The topological polar surface area (TPSA) is 123 Å². The van der Waals surface area contributed by atoms with Crippen molar-refractivity contribution in [3.8, 4) is 17.2 Å². The van der Waals surface area contributed by atoms with Crippen LogP contribution in [0.3, 0.4) is 0 Å². The van der Waals surface area contributed by atoms with Gasteiger partial charge in [-0.3, -0.25) is 24.4 Å². The summed E-state index contributed by atoms with van der Waals surface area (Å²) in [4.78, 5) is 30.5. The molecule has 0 bridgehead atoms. The van der Waals surface area contributed by atoms with Gasteiger partial charge in [-0.1, -0.05) is 23.7 Å². The lowest BCUT2D eigenvalue weighted by Gasteiger charge is -2.33. The Morgan fingerprint density at radius 1 is 1.04 bits per heavy atom. The highest BCUT2D eigenvalue weighted by atomic mass is 35.5. The number of methoxy groups -OCH3 is 1. The van der Waals surface area contributed by atoms with Crippen molar-refractivity contribution in [2.45, 2.75) is 12.5 Å². The number of rotatable bonds is 10. The summed E-state index contributed by atoms with van der Waals surface area (Å²) in [5.74, 6) is 7.61. The molecule has 3 N–H and O–H groups in total. The van der Waals surface area contributed by atoms with Crippen LogP contribution in [0.15, 0.2) is 66.7 Å². The number of nitrogens with two attached hydrogens (primary N) is 1. The van der Waals surface area contributed by atoms with Crippen LogP contribution >= 0.6 is 11.6 Å². The van der Waals surface area contributed by atoms with Crippen LogP contribution < -0.4 is 20.1 Å². The van der Waals surface area contributed by atoms with Crippen molar-refractivity contribution < 1.29 is 28.5 Å². The molecule has 2 aliphatic heterocycles. The molecule has 3 heterocycles. The molecule has 244 valence electrons. The third-order valence-corrected chi connectivity index (χ3v) is 8.45. The number of morpholine rings is 1. The van der Waals surface area contributed by atoms with Gasteiger partial charge in [0.2, 0.25) is 0 Å². The molecule has 1 aromatic heterocycles. The van der Waals surface area contributed by atoms with E-state index in [-0.39, 0.29) is 18.6 Å². The molecule has 2 aliphatic rings. The van der Waals surface area contributed by atoms with Crippen molar-refractivity contribution in [1.82, 2.24) is 19.8 Å². The van der Waals surface area contributed by atoms with E-state index in [1.807, 2.05) is 30.3 Å². The highest BCUT2D eigenvalue weighted by molar-refractivity contribution is 6.31. The zero-order valence-electron chi connectivity index (χ0n) is 26.1. The Labute approximate surface area is 273 Å². The van der Waals surface area contributed by atoms with Crippen molar-refractivity contribution >= 4 is 34.9 Å². The van der Waals surface area contributed by atoms with E-state index in [0.29, 0.717) is 24.5 Å². The zero-order chi connectivity index (χ0) is 32.5. The number of nitrogens with one attached hydrogen (secondary N) is 1. The molecule has 0 radical (unpaired) electrons. The predicted molar refractivity (Wildman–Crippen MR) is 176 cm³/mol. The molecule has 11 nitrogen and oxygen atoms in total. The monoisotopic (exact) mass is 649 g/mol. The van der Waals surface area contributed by atoms with Gasteiger partial charge in [-0.05, 0) is 79.2 Å². The smallest absolute Gasteiger partial charge is 0.298 e. The normalized spacial score (nSPS) is 16.6. The highest BCUT2D eigenvalue weighted by Crippen LogP contribution is 2.38. The second-order valence-electron chi connectivity index (χ2n) is 11.1. The number of carbonyl (C=O) groups excluding carboxylic acids is 2. The molecule has 1 atom stereocenters. The van der Waals surface area contributed by atoms with Gasteiger partial charge in [0.05, 0.1) is 26.4 Å². The van der Waals surface area contributed by atoms with Crippen molar-refractivity contribution in [1.29, 1.82) is 0 Å². The minimum absolute atomic E-state index is 0.0881. The van der Waals surface area contributed by atoms with E-state index in [1.54, 1.807) is 31.4 Å². The Hall–Kier alpha value is -4.13. The van der Waals surface area contributed by atoms with E-state index < -0.39 is 0 Å². The van der Waals surface area contributed by atoms with Gasteiger partial charge in [-0.15, -0.1) is 0 Å². The van der Waals surface area contributed by atoms with Crippen LogP contribution in [0, 0.1) is 0 Å². The zero-order valence-corrected chi connectivity index (χ0v) is 26.9. The fourth-order valence-corrected chi connectivity index (χ4v) is 5.86. The standard InChI is InChI=1S/C26H32ClN5O3.C8H8O3/c1-30-9-8-21-22-16-19(27)4-7-23(22)29-25(21)26(30)18-2-5-20(6-3-18)35-17-24(33)32(28)11-10-31-12-14-34-15-13-31;1-10-7-2-4-8(5-3-7)11-6-9/h2-7,16,26,29H,8-15,17,28H2,1H3;2-6H,1H3. The number of likely N-dealkylation sites (N-methyl/N-ethyl adjacent to an activating group) is 1. The first-order chi connectivity index (χ1) is 22.4. The van der Waals surface area contributed by atoms with Crippen LogP contribution in [0.4, 0.5) is 0 Å². The highest BCUT2D eigenvalue weighted by Gasteiger charge is 2.29. The first-order valence-corrected chi connectivity index (χ1v) is 15.6. The predicted octanol–water partition coefficient (Wildman–Crippen LogP) is 4.04. The number of carbonyl (C=O) groups is 2. The van der Waals surface area contributed by atoms with E-state index in [1.165, 1.54) is 21.7 Å². The first kappa shape index (κ1) is 33.2. The Morgan fingerprint density at radius 3 is 2.43 bits per heavy atom. The van der Waals surface area contributed by atoms with Crippen LogP contribution in [-0.4, -0.2) is 98.9 Å². The number of benzene rings is 3. The fourth-order valence-electron chi connectivity index (χ4n) is 5.69. The van der Waals surface area contributed by atoms with Gasteiger partial charge in [0.1, 0.15) is 17.2 Å². The van der Waals surface area contributed by atoms with Gasteiger partial charge in [-0.2, -0.15) is 0 Å². The molecule has 0 spiro atoms. The lowest BCUT2D eigenvalue weighted by molar-refractivity contribution is -0.134. The van der Waals surface area contributed by atoms with Crippen LogP contribution in [-0.2, 0) is 20.7 Å². The van der Waals surface area contributed by atoms with Gasteiger partial charge in [0.15, 0.2) is 6.61 Å². The summed E-state index contributed by atoms with van der Waals surface area (Å²) in [6.45, 7) is 5.65. The number of aromatic amines is 1. The van der Waals surface area contributed by atoms with Crippen molar-refractivity contribution in [3.63, 3.8) is 0 Å². The summed E-state index contributed by atoms with van der Waals surface area (Å²) < 4.78 is 20.6. The summed E-state index contributed by atoms with van der Waals surface area (Å²) in [6, 6.07) is 20.8. The molecular weight excluding hydrogens is 610 g/mol. The number of aromatic nitrogens is 1. The Morgan fingerprint density at radius 2 is 1.74 bits per heavy atom. The summed E-state index contributed by atoms with van der Waals surface area (Å²) in [5, 5.41) is 3.19. The maximum atomic E-state index is 12.4. The number of nitrogens with zero attached hydrogens (tertiary/aromatic N) is 3. The van der Waals surface area contributed by atoms with Gasteiger partial charge in [-0.25, -0.2) is 5.84 Å². The summed E-state index contributed by atoms with van der Waals surface area (Å²) >= 11 is 6.26. The molecule has 0 aliphatic carbocycles. The fraction of sp³-hybridized carbons (Fsp3) is 0.353. The van der Waals surface area contributed by atoms with E-state index in [4.69, 9.17) is 31.7 Å². The number of hydrogen-bond donors (Lipinski definition) is 2. The third kappa shape index (κ3) is 8.36. The average molecular weight is 650 g/mol. The number of ether oxygens (including phenoxy) is 4. The maximum absolute atomic E-state index is 12.4. The van der Waals surface area contributed by atoms with E-state index >= 15 is 0 Å². The second kappa shape index (κ2) is 15.9. The van der Waals surface area contributed by atoms with E-state index in [9.17, 15) is 9.59 Å². The van der Waals surface area contributed by atoms with E-state index in [0.717, 1.165) is 67.7 Å². The molecule has 3 aromatic carbocycles.